The van der Waals surface area contributed by atoms with Crippen LogP contribution in [0.1, 0.15) is 5.56 Å². The minimum atomic E-state index is -3.72. The van der Waals surface area contributed by atoms with Crippen LogP contribution in [0.3, 0.4) is 0 Å². The molecule has 0 aliphatic heterocycles. The highest BCUT2D eigenvalue weighted by Crippen LogP contribution is 2.09. The van der Waals surface area contributed by atoms with E-state index < -0.39 is 17.7 Å². The summed E-state index contributed by atoms with van der Waals surface area (Å²) in [5.41, 5.74) is 0.941. The van der Waals surface area contributed by atoms with Crippen LogP contribution in [0.2, 0.25) is 0 Å². The van der Waals surface area contributed by atoms with Crippen LogP contribution >= 0.6 is 7.68 Å². The third-order valence-corrected chi connectivity index (χ3v) is 3.53. The summed E-state index contributed by atoms with van der Waals surface area (Å²) in [6, 6.07) is 6.21. The minimum Gasteiger partial charge on any atom is -0.237 e. The van der Waals surface area contributed by atoms with Crippen molar-refractivity contribution in [1.82, 2.24) is 4.83 Å². The number of nitrogens with one attached hydrogen (secondary N) is 1. The molecule has 0 aliphatic rings. The fraction of sp³-hybridized carbons (Fsp3) is 0.222. The molecule has 0 spiro atoms. The first kappa shape index (κ1) is 13.6. The van der Waals surface area contributed by atoms with Gasteiger partial charge in [-0.3, -0.25) is 0 Å². The molecule has 1 aromatic carbocycles. The highest BCUT2D eigenvalue weighted by molar-refractivity contribution is 7.89. The van der Waals surface area contributed by atoms with Crippen LogP contribution in [0.15, 0.2) is 34.3 Å². The number of nitrogens with zero attached hydrogens (tertiary/aromatic N) is 1. The molecule has 0 heterocycles. The molecular weight excluding hydrogens is 263 g/mol. The first-order valence-corrected chi connectivity index (χ1v) is 7.48. The highest BCUT2D eigenvalue weighted by atomic mass is 32.2. The lowest BCUT2D eigenvalue weighted by atomic mass is 10.2. The van der Waals surface area contributed by atoms with Gasteiger partial charge in [-0.2, -0.15) is 13.5 Å². The number of benzene rings is 1. The van der Waals surface area contributed by atoms with Crippen molar-refractivity contribution in [3.8, 4) is 0 Å². The molecule has 0 aromatic heterocycles. The highest BCUT2D eigenvalue weighted by Gasteiger charge is 2.11. The summed E-state index contributed by atoms with van der Waals surface area (Å²) in [5, 5.41) is 3.34. The van der Waals surface area contributed by atoms with E-state index in [1.54, 1.807) is 12.1 Å². The Bertz CT molecular complexity index is 568. The number of sulfonamides is 1. The van der Waals surface area contributed by atoms with Crippen molar-refractivity contribution in [3.05, 3.63) is 29.8 Å². The molecule has 0 radical (unpaired) electrons. The van der Waals surface area contributed by atoms with E-state index in [4.69, 9.17) is 0 Å². The molecular formula is C9H11N2O4PS. The maximum absolute atomic E-state index is 11.6. The second kappa shape index (κ2) is 5.75. The van der Waals surface area contributed by atoms with Crippen LogP contribution in [-0.4, -0.2) is 20.8 Å². The van der Waals surface area contributed by atoms with Gasteiger partial charge in [0.05, 0.1) is 11.1 Å². The third-order valence-electron chi connectivity index (χ3n) is 1.83. The Hall–Kier alpha value is -1.46. The molecule has 0 atom stereocenters. The van der Waals surface area contributed by atoms with Gasteiger partial charge in [-0.15, -0.1) is 0 Å². The predicted octanol–water partition coefficient (Wildman–Crippen LogP) is 1.43. The Labute approximate surface area is 99.6 Å². The van der Waals surface area contributed by atoms with Gasteiger partial charge in [0.2, 0.25) is 0 Å². The van der Waals surface area contributed by atoms with Crippen LogP contribution in [0.25, 0.3) is 0 Å². The Morgan fingerprint density at radius 2 is 1.88 bits per heavy atom. The molecule has 6 nitrogen and oxygen atoms in total. The van der Waals surface area contributed by atoms with Crippen LogP contribution in [-0.2, 0) is 19.2 Å². The van der Waals surface area contributed by atoms with Crippen LogP contribution in [0, 0.1) is 6.92 Å². The molecule has 17 heavy (non-hydrogen) atoms. The zero-order valence-electron chi connectivity index (χ0n) is 9.03. The van der Waals surface area contributed by atoms with E-state index in [9.17, 15) is 17.5 Å². The second-order valence-corrected chi connectivity index (χ2v) is 5.93. The van der Waals surface area contributed by atoms with E-state index in [1.165, 1.54) is 12.1 Å². The molecule has 0 unspecified atom stereocenters. The lowest BCUT2D eigenvalue weighted by Crippen LogP contribution is -2.18. The van der Waals surface area contributed by atoms with Gasteiger partial charge in [0.25, 0.3) is 10.0 Å². The topological polar surface area (TPSA) is 92.7 Å². The summed E-state index contributed by atoms with van der Waals surface area (Å²) >= 11 is 0. The zero-order valence-corrected chi connectivity index (χ0v) is 10.7. The Morgan fingerprint density at radius 3 is 2.41 bits per heavy atom. The Kier molecular flexibility index (Phi) is 4.60. The molecule has 0 saturated heterocycles. The van der Waals surface area contributed by atoms with Crippen molar-refractivity contribution in [2.24, 2.45) is 5.10 Å². The summed E-state index contributed by atoms with van der Waals surface area (Å²) in [4.78, 5) is 2.00. The van der Waals surface area contributed by atoms with E-state index >= 15 is 0 Å². The van der Waals surface area contributed by atoms with Crippen molar-refractivity contribution < 1.29 is 17.5 Å². The lowest BCUT2D eigenvalue weighted by Gasteiger charge is -2.02. The third kappa shape index (κ3) is 4.50. The quantitative estimate of drug-likeness (QED) is 0.499. The van der Waals surface area contributed by atoms with Crippen LogP contribution < -0.4 is 4.83 Å². The maximum atomic E-state index is 11.6. The number of aryl methyl sites for hydroxylation is 1. The SMILES string of the molecule is Cc1ccc(S(=O)(=O)N/N=C/CP(=O)=O)cc1. The van der Waals surface area contributed by atoms with E-state index in [0.29, 0.717) is 0 Å². The van der Waals surface area contributed by atoms with Gasteiger partial charge in [-0.1, -0.05) is 17.7 Å². The number of hydrazone groups is 1. The molecule has 8 heteroatoms. The molecule has 1 N–H and O–H groups in total. The van der Waals surface area contributed by atoms with Crippen molar-refractivity contribution in [2.75, 3.05) is 6.16 Å². The average Bonchev–Trinajstić information content (AvgIpc) is 2.25. The van der Waals surface area contributed by atoms with Crippen molar-refractivity contribution in [2.45, 2.75) is 11.8 Å². The van der Waals surface area contributed by atoms with E-state index in [0.717, 1.165) is 11.8 Å². The van der Waals surface area contributed by atoms with Crippen molar-refractivity contribution in [1.29, 1.82) is 0 Å². The first-order chi connectivity index (χ1) is 7.92. The molecule has 1 aromatic rings. The van der Waals surface area contributed by atoms with Gasteiger partial charge in [0.1, 0.15) is 0 Å². The Balaban J connectivity index is 2.75. The van der Waals surface area contributed by atoms with Gasteiger partial charge in [-0.05, 0) is 19.1 Å². The molecule has 0 bridgehead atoms. The second-order valence-electron chi connectivity index (χ2n) is 3.23. The minimum absolute atomic E-state index is 0.0757. The van der Waals surface area contributed by atoms with Crippen LogP contribution in [0.4, 0.5) is 0 Å². The molecule has 92 valence electrons. The van der Waals surface area contributed by atoms with Gasteiger partial charge < -0.3 is 0 Å². The Morgan fingerprint density at radius 1 is 1.29 bits per heavy atom. The van der Waals surface area contributed by atoms with Gasteiger partial charge in [0, 0.05) is 6.21 Å². The van der Waals surface area contributed by atoms with Gasteiger partial charge in [0.15, 0.2) is 0 Å². The molecule has 0 aliphatic carbocycles. The predicted molar refractivity (Wildman–Crippen MR) is 63.2 cm³/mol. The normalized spacial score (nSPS) is 11.6. The van der Waals surface area contributed by atoms with Crippen molar-refractivity contribution >= 4 is 23.9 Å². The summed E-state index contributed by atoms with van der Waals surface area (Å²) < 4.78 is 43.6. The smallest absolute Gasteiger partial charge is 0.237 e. The summed E-state index contributed by atoms with van der Waals surface area (Å²) in [6.07, 6.45) is 0.684. The largest absolute Gasteiger partial charge is 0.321 e. The van der Waals surface area contributed by atoms with E-state index in [2.05, 4.69) is 5.10 Å². The van der Waals surface area contributed by atoms with E-state index in [1.807, 2.05) is 11.8 Å². The average molecular weight is 274 g/mol. The molecule has 0 fully saturated rings. The number of hydrogen-bond donors (Lipinski definition) is 1. The molecule has 1 rings (SSSR count). The first-order valence-electron chi connectivity index (χ1n) is 4.63. The fourth-order valence-corrected chi connectivity index (χ4v) is 2.01. The fourth-order valence-electron chi connectivity index (χ4n) is 0.984. The summed E-state index contributed by atoms with van der Waals surface area (Å²) in [5.74, 6) is 0. The molecule has 0 amide bonds. The lowest BCUT2D eigenvalue weighted by molar-refractivity contribution is 0.518. The van der Waals surface area contributed by atoms with Crippen LogP contribution in [0.5, 0.6) is 0 Å². The summed E-state index contributed by atoms with van der Waals surface area (Å²) in [6.45, 7) is 1.84. The van der Waals surface area contributed by atoms with Crippen molar-refractivity contribution in [3.63, 3.8) is 0 Å². The number of rotatable bonds is 5. The van der Waals surface area contributed by atoms with Gasteiger partial charge >= 0.3 is 7.68 Å². The van der Waals surface area contributed by atoms with Gasteiger partial charge in [-0.25, -0.2) is 14.0 Å². The molecule has 0 saturated carbocycles. The monoisotopic (exact) mass is 274 g/mol. The summed E-state index contributed by atoms with van der Waals surface area (Å²) in [7, 11) is -6.31. The number of hydrogen-bond acceptors (Lipinski definition) is 5. The van der Waals surface area contributed by atoms with E-state index in [-0.39, 0.29) is 11.1 Å². The maximum Gasteiger partial charge on any atom is 0.321 e. The zero-order chi connectivity index (χ0) is 12.9. The standard InChI is InChI=1S/C9H11N2O4PS/c1-8-2-4-9(5-3-8)17(14,15)11-10-6-7-16(12)13/h2-6,11H,7H2,1H3/b10-6+.